The molecule has 0 aliphatic heterocycles. The third kappa shape index (κ3) is 3.27. The molecule has 1 heterocycles. The van der Waals surface area contributed by atoms with Crippen LogP contribution in [0.25, 0.3) is 0 Å². The molecule has 5 N–H and O–H groups in total. The average molecular weight is 327 g/mol. The van der Waals surface area contributed by atoms with Gasteiger partial charge in [-0.2, -0.15) is 0 Å². The summed E-state index contributed by atoms with van der Waals surface area (Å²) in [6.07, 6.45) is 0. The summed E-state index contributed by atoms with van der Waals surface area (Å²) in [5.41, 5.74) is 12.8. The van der Waals surface area contributed by atoms with Crippen LogP contribution in [0.1, 0.15) is 5.56 Å². The molecule has 0 saturated heterocycles. The Labute approximate surface area is 116 Å². The predicted molar refractivity (Wildman–Crippen MR) is 77.4 cm³/mol. The molecule has 0 fully saturated rings. The zero-order chi connectivity index (χ0) is 13.1. The van der Waals surface area contributed by atoms with Crippen LogP contribution >= 0.6 is 27.7 Å². The van der Waals surface area contributed by atoms with Gasteiger partial charge in [0.15, 0.2) is 5.16 Å². The number of anilines is 2. The topological polar surface area (TPSA) is 97.8 Å². The van der Waals surface area contributed by atoms with Gasteiger partial charge >= 0.3 is 0 Å². The molecule has 0 atom stereocenters. The SMILES string of the molecule is Nc1cc(=O)[nH]c(SCc2ccc(Br)c(N)c2)n1. The van der Waals surface area contributed by atoms with Crippen molar-refractivity contribution in [2.45, 2.75) is 10.9 Å². The van der Waals surface area contributed by atoms with Crippen LogP contribution in [0.15, 0.2) is 38.7 Å². The van der Waals surface area contributed by atoms with Gasteiger partial charge in [-0.25, -0.2) is 4.98 Å². The van der Waals surface area contributed by atoms with Crippen LogP contribution < -0.4 is 17.0 Å². The second-order valence-corrected chi connectivity index (χ2v) is 5.44. The van der Waals surface area contributed by atoms with Gasteiger partial charge in [-0.05, 0) is 33.6 Å². The van der Waals surface area contributed by atoms with Crippen molar-refractivity contribution in [3.63, 3.8) is 0 Å². The molecular weight excluding hydrogens is 316 g/mol. The lowest BCUT2D eigenvalue weighted by Gasteiger charge is -2.04. The Morgan fingerprint density at radius 1 is 1.33 bits per heavy atom. The minimum Gasteiger partial charge on any atom is -0.398 e. The summed E-state index contributed by atoms with van der Waals surface area (Å²) in [4.78, 5) is 17.9. The highest BCUT2D eigenvalue weighted by atomic mass is 79.9. The quantitative estimate of drug-likeness (QED) is 0.455. The molecule has 2 rings (SSSR count). The highest BCUT2D eigenvalue weighted by molar-refractivity contribution is 9.10. The number of H-pyrrole nitrogens is 1. The van der Waals surface area contributed by atoms with Crippen molar-refractivity contribution < 1.29 is 0 Å². The molecule has 18 heavy (non-hydrogen) atoms. The van der Waals surface area contributed by atoms with Gasteiger partial charge in [-0.15, -0.1) is 0 Å². The number of aromatic nitrogens is 2. The highest BCUT2D eigenvalue weighted by Gasteiger charge is 2.02. The zero-order valence-corrected chi connectivity index (χ0v) is 11.7. The summed E-state index contributed by atoms with van der Waals surface area (Å²) in [6, 6.07) is 6.97. The summed E-state index contributed by atoms with van der Waals surface area (Å²) in [6.45, 7) is 0. The number of hydrogen-bond donors (Lipinski definition) is 3. The van der Waals surface area contributed by atoms with Crippen LogP contribution in [0.4, 0.5) is 11.5 Å². The fourth-order valence-corrected chi connectivity index (χ4v) is 2.43. The Morgan fingerprint density at radius 3 is 2.78 bits per heavy atom. The second-order valence-electron chi connectivity index (χ2n) is 3.62. The summed E-state index contributed by atoms with van der Waals surface area (Å²) in [5.74, 6) is 0.876. The Balaban J connectivity index is 2.11. The molecule has 7 heteroatoms. The Morgan fingerprint density at radius 2 is 2.11 bits per heavy atom. The van der Waals surface area contributed by atoms with Crippen molar-refractivity contribution in [3.05, 3.63) is 44.7 Å². The van der Waals surface area contributed by atoms with E-state index in [9.17, 15) is 4.79 Å². The van der Waals surface area contributed by atoms with E-state index in [0.717, 1.165) is 10.0 Å². The predicted octanol–water partition coefficient (Wildman–Crippen LogP) is 1.99. The number of halogens is 1. The van der Waals surface area contributed by atoms with Gasteiger partial charge in [0.2, 0.25) is 0 Å². The number of benzene rings is 1. The van der Waals surface area contributed by atoms with E-state index in [2.05, 4.69) is 25.9 Å². The maximum Gasteiger partial charge on any atom is 0.253 e. The number of nitrogens with one attached hydrogen (secondary N) is 1. The minimum atomic E-state index is -0.250. The van der Waals surface area contributed by atoms with Crippen molar-refractivity contribution in [1.82, 2.24) is 9.97 Å². The van der Waals surface area contributed by atoms with Crippen molar-refractivity contribution >= 4 is 39.2 Å². The minimum absolute atomic E-state index is 0.219. The molecule has 0 aliphatic rings. The maximum absolute atomic E-state index is 11.2. The van der Waals surface area contributed by atoms with Crippen molar-refractivity contribution in [1.29, 1.82) is 0 Å². The van der Waals surface area contributed by atoms with Gasteiger partial charge in [0.1, 0.15) is 5.82 Å². The molecule has 0 bridgehead atoms. The monoisotopic (exact) mass is 326 g/mol. The third-order valence-corrected chi connectivity index (χ3v) is 3.84. The van der Waals surface area contributed by atoms with E-state index >= 15 is 0 Å². The average Bonchev–Trinajstić information content (AvgIpc) is 2.29. The number of rotatable bonds is 3. The summed E-state index contributed by atoms with van der Waals surface area (Å²) in [5, 5.41) is 0.501. The van der Waals surface area contributed by atoms with Crippen LogP contribution in [0.5, 0.6) is 0 Å². The van der Waals surface area contributed by atoms with Crippen molar-refractivity contribution in [2.24, 2.45) is 0 Å². The molecule has 0 spiro atoms. The Kier molecular flexibility index (Phi) is 3.93. The number of thioether (sulfide) groups is 1. The second kappa shape index (κ2) is 5.45. The molecule has 0 unspecified atom stereocenters. The first-order valence-electron chi connectivity index (χ1n) is 5.08. The maximum atomic E-state index is 11.2. The first-order valence-corrected chi connectivity index (χ1v) is 6.86. The number of nitrogen functional groups attached to an aromatic ring is 2. The number of aromatic amines is 1. The van der Waals surface area contributed by atoms with E-state index in [1.54, 1.807) is 0 Å². The zero-order valence-electron chi connectivity index (χ0n) is 9.31. The van der Waals surface area contributed by atoms with Gasteiger partial charge in [-0.3, -0.25) is 4.79 Å². The van der Waals surface area contributed by atoms with Crippen molar-refractivity contribution in [3.8, 4) is 0 Å². The molecule has 0 saturated carbocycles. The molecule has 94 valence electrons. The van der Waals surface area contributed by atoms with E-state index in [4.69, 9.17) is 11.5 Å². The fourth-order valence-electron chi connectivity index (χ4n) is 1.36. The highest BCUT2D eigenvalue weighted by Crippen LogP contribution is 2.24. The standard InChI is InChI=1S/C11H11BrN4OS/c12-7-2-1-6(3-8(7)13)5-18-11-15-9(14)4-10(17)16-11/h1-4H,5,13H2,(H3,14,15,16,17). The molecule has 1 aromatic heterocycles. The lowest BCUT2D eigenvalue weighted by molar-refractivity contribution is 0.945. The van der Waals surface area contributed by atoms with E-state index < -0.39 is 0 Å². The van der Waals surface area contributed by atoms with Gasteiger partial charge in [-0.1, -0.05) is 17.8 Å². The number of nitrogens with zero attached hydrogens (tertiary/aromatic N) is 1. The molecule has 0 aliphatic carbocycles. The smallest absolute Gasteiger partial charge is 0.253 e. The van der Waals surface area contributed by atoms with Crippen LogP contribution in [-0.4, -0.2) is 9.97 Å². The van der Waals surface area contributed by atoms with E-state index in [-0.39, 0.29) is 11.4 Å². The molecular formula is C11H11BrN4OS. The summed E-state index contributed by atoms with van der Waals surface area (Å²) >= 11 is 4.74. The largest absolute Gasteiger partial charge is 0.398 e. The van der Waals surface area contributed by atoms with E-state index in [0.29, 0.717) is 16.6 Å². The first kappa shape index (κ1) is 13.0. The number of nitrogens with two attached hydrogens (primary N) is 2. The van der Waals surface area contributed by atoms with Gasteiger partial charge < -0.3 is 16.5 Å². The molecule has 0 amide bonds. The summed E-state index contributed by atoms with van der Waals surface area (Å²) < 4.78 is 0.867. The van der Waals surface area contributed by atoms with E-state index in [1.165, 1.54) is 17.8 Å². The van der Waals surface area contributed by atoms with Gasteiger partial charge in [0, 0.05) is 22.0 Å². The molecule has 0 radical (unpaired) electrons. The van der Waals surface area contributed by atoms with Gasteiger partial charge in [0.25, 0.3) is 5.56 Å². The Hall–Kier alpha value is -1.47. The molecule has 2 aromatic rings. The first-order chi connectivity index (χ1) is 8.54. The lowest BCUT2D eigenvalue weighted by Crippen LogP contribution is -2.09. The molecule has 5 nitrogen and oxygen atoms in total. The third-order valence-electron chi connectivity index (χ3n) is 2.18. The van der Waals surface area contributed by atoms with Crippen molar-refractivity contribution in [2.75, 3.05) is 11.5 Å². The van der Waals surface area contributed by atoms with E-state index in [1.807, 2.05) is 18.2 Å². The van der Waals surface area contributed by atoms with Crippen LogP contribution in [0.3, 0.4) is 0 Å². The summed E-state index contributed by atoms with van der Waals surface area (Å²) in [7, 11) is 0. The fraction of sp³-hybridized carbons (Fsp3) is 0.0909. The Bertz CT molecular complexity index is 629. The molecule has 1 aromatic carbocycles. The van der Waals surface area contributed by atoms with Gasteiger partial charge in [0.05, 0.1) is 0 Å². The van der Waals surface area contributed by atoms with Crippen LogP contribution in [0, 0.1) is 0 Å². The number of hydrogen-bond acceptors (Lipinski definition) is 5. The lowest BCUT2D eigenvalue weighted by atomic mass is 10.2. The normalized spacial score (nSPS) is 10.5. The van der Waals surface area contributed by atoms with Crippen LogP contribution in [-0.2, 0) is 5.75 Å². The van der Waals surface area contributed by atoms with Crippen LogP contribution in [0.2, 0.25) is 0 Å².